The van der Waals surface area contributed by atoms with Crippen LogP contribution < -0.4 is 0 Å². The zero-order chi connectivity index (χ0) is 17.3. The summed E-state index contributed by atoms with van der Waals surface area (Å²) < 4.78 is 24.5. The molecule has 0 saturated carbocycles. The van der Waals surface area contributed by atoms with Gasteiger partial charge in [-0.3, -0.25) is 9.58 Å². The standard InChI is InChI=1S/C15H22N4O3S2/c1-3-15-16-11(9-23-15)7-18-4-5-19-12(8-18)6-13(17-19)14(20)10-24(2,21)22/h6,9,14,20H,3-5,7-8,10H2,1-2H3/t14-/m1/s1. The second kappa shape index (κ2) is 6.91. The maximum absolute atomic E-state index is 11.3. The number of rotatable bonds is 6. The van der Waals surface area contributed by atoms with Gasteiger partial charge in [0.1, 0.15) is 15.9 Å². The van der Waals surface area contributed by atoms with Gasteiger partial charge >= 0.3 is 0 Å². The smallest absolute Gasteiger partial charge is 0.150 e. The van der Waals surface area contributed by atoms with Gasteiger partial charge in [-0.25, -0.2) is 13.4 Å². The third-order valence-electron chi connectivity index (χ3n) is 3.99. The quantitative estimate of drug-likeness (QED) is 0.816. The fourth-order valence-electron chi connectivity index (χ4n) is 2.83. The van der Waals surface area contributed by atoms with Crippen LogP contribution in [0.4, 0.5) is 0 Å². The van der Waals surface area contributed by atoms with Crippen molar-refractivity contribution < 1.29 is 13.5 Å². The Kier molecular flexibility index (Phi) is 5.05. The van der Waals surface area contributed by atoms with E-state index in [9.17, 15) is 13.5 Å². The summed E-state index contributed by atoms with van der Waals surface area (Å²) in [7, 11) is -3.24. The zero-order valence-electron chi connectivity index (χ0n) is 13.8. The van der Waals surface area contributed by atoms with Gasteiger partial charge in [-0.2, -0.15) is 5.10 Å². The lowest BCUT2D eigenvalue weighted by Gasteiger charge is -2.26. The Hall–Kier alpha value is -1.29. The topological polar surface area (TPSA) is 88.3 Å². The summed E-state index contributed by atoms with van der Waals surface area (Å²) in [5.74, 6) is -0.300. The van der Waals surface area contributed by atoms with Gasteiger partial charge in [-0.05, 0) is 12.5 Å². The zero-order valence-corrected chi connectivity index (χ0v) is 15.5. The minimum Gasteiger partial charge on any atom is -0.386 e. The van der Waals surface area contributed by atoms with Crippen molar-refractivity contribution in [2.75, 3.05) is 18.6 Å². The second-order valence-corrected chi connectivity index (χ2v) is 9.32. The Morgan fingerprint density at radius 1 is 1.42 bits per heavy atom. The Morgan fingerprint density at radius 2 is 2.21 bits per heavy atom. The van der Waals surface area contributed by atoms with Crippen molar-refractivity contribution >= 4 is 21.2 Å². The van der Waals surface area contributed by atoms with E-state index >= 15 is 0 Å². The van der Waals surface area contributed by atoms with Crippen molar-refractivity contribution in [1.82, 2.24) is 19.7 Å². The molecule has 24 heavy (non-hydrogen) atoms. The first-order valence-corrected chi connectivity index (χ1v) is 10.9. The number of aliphatic hydroxyl groups is 1. The number of nitrogens with zero attached hydrogens (tertiary/aromatic N) is 4. The molecule has 0 amide bonds. The summed E-state index contributed by atoms with van der Waals surface area (Å²) in [6.45, 7) is 5.20. The molecule has 0 aromatic carbocycles. The number of aryl methyl sites for hydroxylation is 1. The average Bonchev–Trinajstić information content (AvgIpc) is 3.11. The van der Waals surface area contributed by atoms with Gasteiger partial charge in [-0.1, -0.05) is 6.92 Å². The maximum Gasteiger partial charge on any atom is 0.150 e. The molecule has 1 N–H and O–H groups in total. The van der Waals surface area contributed by atoms with Crippen LogP contribution in [0.3, 0.4) is 0 Å². The molecule has 0 aliphatic carbocycles. The molecule has 1 aliphatic heterocycles. The molecule has 0 bridgehead atoms. The molecule has 2 aromatic rings. The highest BCUT2D eigenvalue weighted by atomic mass is 32.2. The van der Waals surface area contributed by atoms with Crippen LogP contribution in [0.5, 0.6) is 0 Å². The van der Waals surface area contributed by atoms with Gasteiger partial charge in [0.05, 0.1) is 34.4 Å². The third kappa shape index (κ3) is 4.21. The molecule has 1 atom stereocenters. The first kappa shape index (κ1) is 17.5. The summed E-state index contributed by atoms with van der Waals surface area (Å²) >= 11 is 1.69. The second-order valence-electron chi connectivity index (χ2n) is 6.19. The maximum atomic E-state index is 11.3. The minimum absolute atomic E-state index is 0.300. The van der Waals surface area contributed by atoms with Crippen LogP contribution in [0, 0.1) is 0 Å². The number of aliphatic hydroxyl groups excluding tert-OH is 1. The SMILES string of the molecule is CCc1nc(CN2CCn3nc([C@H](O)CS(C)(=O)=O)cc3C2)cs1. The predicted molar refractivity (Wildman–Crippen MR) is 92.5 cm³/mol. The number of thiazole rings is 1. The lowest BCUT2D eigenvalue weighted by Crippen LogP contribution is -2.33. The summed E-state index contributed by atoms with van der Waals surface area (Å²) in [6.07, 6.45) is 1.00. The molecule has 3 heterocycles. The predicted octanol–water partition coefficient (Wildman–Crippen LogP) is 0.996. The van der Waals surface area contributed by atoms with Crippen LogP contribution in [0.2, 0.25) is 0 Å². The molecule has 1 aliphatic rings. The van der Waals surface area contributed by atoms with E-state index in [1.54, 1.807) is 17.4 Å². The summed E-state index contributed by atoms with van der Waals surface area (Å²) in [6, 6.07) is 1.81. The Morgan fingerprint density at radius 3 is 2.88 bits per heavy atom. The first-order chi connectivity index (χ1) is 11.3. The lowest BCUT2D eigenvalue weighted by molar-refractivity contribution is 0.191. The van der Waals surface area contributed by atoms with Crippen LogP contribution >= 0.6 is 11.3 Å². The largest absolute Gasteiger partial charge is 0.386 e. The number of hydrogen-bond donors (Lipinski definition) is 1. The molecule has 0 spiro atoms. The van der Waals surface area contributed by atoms with Crippen LogP contribution in [0.1, 0.15) is 35.1 Å². The monoisotopic (exact) mass is 370 g/mol. The van der Waals surface area contributed by atoms with Crippen LogP contribution in [-0.4, -0.2) is 51.7 Å². The normalized spacial score (nSPS) is 17.0. The van der Waals surface area contributed by atoms with E-state index in [-0.39, 0.29) is 5.75 Å². The van der Waals surface area contributed by atoms with Gasteiger partial charge in [0.25, 0.3) is 0 Å². The van der Waals surface area contributed by atoms with E-state index in [4.69, 9.17) is 0 Å². The van der Waals surface area contributed by atoms with Crippen molar-refractivity contribution in [1.29, 1.82) is 0 Å². The van der Waals surface area contributed by atoms with Gasteiger partial charge < -0.3 is 5.11 Å². The number of hydrogen-bond acceptors (Lipinski definition) is 7. The molecule has 0 fully saturated rings. The van der Waals surface area contributed by atoms with Gasteiger partial charge in [0, 0.05) is 31.3 Å². The molecule has 0 unspecified atom stereocenters. The molecule has 9 heteroatoms. The molecule has 132 valence electrons. The van der Waals surface area contributed by atoms with E-state index in [0.29, 0.717) is 5.69 Å². The van der Waals surface area contributed by atoms with Gasteiger partial charge in [0.2, 0.25) is 0 Å². The van der Waals surface area contributed by atoms with E-state index in [0.717, 1.165) is 55.3 Å². The molecular weight excluding hydrogens is 348 g/mol. The molecule has 0 radical (unpaired) electrons. The van der Waals surface area contributed by atoms with Gasteiger partial charge in [0.15, 0.2) is 0 Å². The molecule has 2 aromatic heterocycles. The van der Waals surface area contributed by atoms with Crippen LogP contribution in [-0.2, 0) is 35.9 Å². The highest BCUT2D eigenvalue weighted by Crippen LogP contribution is 2.21. The Labute approximate surface area is 145 Å². The van der Waals surface area contributed by atoms with Crippen molar-refractivity contribution in [2.45, 2.75) is 39.1 Å². The highest BCUT2D eigenvalue weighted by Gasteiger charge is 2.23. The van der Waals surface area contributed by atoms with Crippen LogP contribution in [0.15, 0.2) is 11.4 Å². The van der Waals surface area contributed by atoms with E-state index < -0.39 is 15.9 Å². The lowest BCUT2D eigenvalue weighted by atomic mass is 10.2. The minimum atomic E-state index is -3.24. The molecule has 3 rings (SSSR count). The Bertz CT molecular complexity index is 813. The molecular formula is C15H22N4O3S2. The third-order valence-corrected chi connectivity index (χ3v) is 5.95. The van der Waals surface area contributed by atoms with E-state index in [2.05, 4.69) is 27.3 Å². The fraction of sp³-hybridized carbons (Fsp3) is 0.600. The average molecular weight is 371 g/mol. The van der Waals surface area contributed by atoms with Crippen LogP contribution in [0.25, 0.3) is 0 Å². The van der Waals surface area contributed by atoms with E-state index in [1.165, 1.54) is 0 Å². The summed E-state index contributed by atoms with van der Waals surface area (Å²) in [4.78, 5) is 6.89. The number of aromatic nitrogens is 3. The van der Waals surface area contributed by atoms with Crippen molar-refractivity contribution in [3.8, 4) is 0 Å². The van der Waals surface area contributed by atoms with Crippen molar-refractivity contribution in [3.63, 3.8) is 0 Å². The molecule has 0 saturated heterocycles. The Balaban J connectivity index is 1.67. The van der Waals surface area contributed by atoms with Crippen molar-refractivity contribution in [2.24, 2.45) is 0 Å². The first-order valence-electron chi connectivity index (χ1n) is 7.92. The van der Waals surface area contributed by atoms with Crippen molar-refractivity contribution in [3.05, 3.63) is 33.5 Å². The van der Waals surface area contributed by atoms with E-state index in [1.807, 2.05) is 4.68 Å². The number of fused-ring (bicyclic) bond motifs is 1. The molecule has 7 nitrogen and oxygen atoms in total. The highest BCUT2D eigenvalue weighted by molar-refractivity contribution is 7.90. The summed E-state index contributed by atoms with van der Waals surface area (Å²) in [5, 5.41) is 17.7. The summed E-state index contributed by atoms with van der Waals surface area (Å²) in [5.41, 5.74) is 2.51. The van der Waals surface area contributed by atoms with Gasteiger partial charge in [-0.15, -0.1) is 11.3 Å². The number of sulfone groups is 1. The fourth-order valence-corrected chi connectivity index (χ4v) is 4.31.